The second-order valence-corrected chi connectivity index (χ2v) is 8.84. The molecule has 28 heavy (non-hydrogen) atoms. The standard InChI is InChI=1S/C20H23ClN2O4S/c1-2-17(15-6-4-3-5-7-15)20(24)22-16-8-9-18(21)19(14-16)28(25,26)23-10-12-27-13-11-23/h3-9,14,17H,2,10-13H2,1H3,(H,22,24)/t17-/m1/s1. The Morgan fingerprint density at radius 1 is 1.18 bits per heavy atom. The summed E-state index contributed by atoms with van der Waals surface area (Å²) in [4.78, 5) is 12.8. The van der Waals surface area contributed by atoms with Gasteiger partial charge in [0.25, 0.3) is 0 Å². The zero-order valence-electron chi connectivity index (χ0n) is 15.6. The smallest absolute Gasteiger partial charge is 0.244 e. The fraction of sp³-hybridized carbons (Fsp3) is 0.350. The van der Waals surface area contributed by atoms with Crippen LogP contribution in [0.5, 0.6) is 0 Å². The van der Waals surface area contributed by atoms with Crippen molar-refractivity contribution < 1.29 is 17.9 Å². The molecule has 0 spiro atoms. The van der Waals surface area contributed by atoms with Crippen molar-refractivity contribution in [2.24, 2.45) is 0 Å². The highest BCUT2D eigenvalue weighted by Gasteiger charge is 2.29. The summed E-state index contributed by atoms with van der Waals surface area (Å²) in [6, 6.07) is 14.0. The van der Waals surface area contributed by atoms with Crippen molar-refractivity contribution in [3.8, 4) is 0 Å². The van der Waals surface area contributed by atoms with Gasteiger partial charge in [-0.3, -0.25) is 4.79 Å². The Morgan fingerprint density at radius 2 is 1.86 bits per heavy atom. The molecular formula is C20H23ClN2O4S. The number of halogens is 1. The summed E-state index contributed by atoms with van der Waals surface area (Å²) in [5.74, 6) is -0.512. The van der Waals surface area contributed by atoms with Crippen molar-refractivity contribution in [1.82, 2.24) is 4.31 Å². The minimum Gasteiger partial charge on any atom is -0.379 e. The Balaban J connectivity index is 1.84. The molecule has 3 rings (SSSR count). The summed E-state index contributed by atoms with van der Waals surface area (Å²) in [6.07, 6.45) is 0.627. The van der Waals surface area contributed by atoms with Crippen LogP contribution in [0.15, 0.2) is 53.4 Å². The molecule has 1 fully saturated rings. The van der Waals surface area contributed by atoms with Gasteiger partial charge in [-0.2, -0.15) is 4.31 Å². The Labute approximate surface area is 170 Å². The summed E-state index contributed by atoms with van der Waals surface area (Å²) in [7, 11) is -3.76. The van der Waals surface area contributed by atoms with Gasteiger partial charge in [0.05, 0.1) is 24.2 Å². The van der Waals surface area contributed by atoms with E-state index >= 15 is 0 Å². The molecule has 1 aliphatic rings. The minimum atomic E-state index is -3.76. The molecule has 150 valence electrons. The molecule has 1 saturated heterocycles. The Kier molecular flexibility index (Phi) is 6.72. The van der Waals surface area contributed by atoms with Gasteiger partial charge in [-0.15, -0.1) is 0 Å². The van der Waals surface area contributed by atoms with E-state index in [0.717, 1.165) is 5.56 Å². The van der Waals surface area contributed by atoms with E-state index in [2.05, 4.69) is 5.32 Å². The second kappa shape index (κ2) is 9.05. The Hall–Kier alpha value is -1.93. The number of nitrogens with zero attached hydrogens (tertiary/aromatic N) is 1. The first kappa shape index (κ1) is 20.8. The van der Waals surface area contributed by atoms with E-state index < -0.39 is 10.0 Å². The molecule has 0 aliphatic carbocycles. The van der Waals surface area contributed by atoms with E-state index in [9.17, 15) is 13.2 Å². The number of amides is 1. The highest BCUT2D eigenvalue weighted by molar-refractivity contribution is 7.89. The number of anilines is 1. The second-order valence-electron chi connectivity index (χ2n) is 6.52. The van der Waals surface area contributed by atoms with Crippen LogP contribution in [-0.4, -0.2) is 44.9 Å². The van der Waals surface area contributed by atoms with E-state index in [-0.39, 0.29) is 34.8 Å². The molecule has 1 heterocycles. The SMILES string of the molecule is CC[C@@H](C(=O)Nc1ccc(Cl)c(S(=O)(=O)N2CCOCC2)c1)c1ccccc1. The molecule has 0 bridgehead atoms. The van der Waals surface area contributed by atoms with E-state index in [1.54, 1.807) is 6.07 Å². The number of rotatable bonds is 6. The largest absolute Gasteiger partial charge is 0.379 e. The van der Waals surface area contributed by atoms with Crippen LogP contribution in [-0.2, 0) is 19.6 Å². The van der Waals surface area contributed by atoms with Gasteiger partial charge in [-0.25, -0.2) is 8.42 Å². The molecule has 0 radical (unpaired) electrons. The number of benzene rings is 2. The maximum absolute atomic E-state index is 12.9. The van der Waals surface area contributed by atoms with Gasteiger partial charge in [0.1, 0.15) is 4.90 Å². The number of ether oxygens (including phenoxy) is 1. The molecule has 0 saturated carbocycles. The van der Waals surface area contributed by atoms with Crippen LogP contribution in [0.4, 0.5) is 5.69 Å². The van der Waals surface area contributed by atoms with Gasteiger partial charge in [0.2, 0.25) is 15.9 Å². The molecule has 1 amide bonds. The lowest BCUT2D eigenvalue weighted by atomic mass is 9.95. The molecule has 2 aromatic carbocycles. The third-order valence-corrected chi connectivity index (χ3v) is 7.09. The van der Waals surface area contributed by atoms with Crippen molar-refractivity contribution in [1.29, 1.82) is 0 Å². The topological polar surface area (TPSA) is 75.7 Å². The van der Waals surface area contributed by atoms with Crippen LogP contribution < -0.4 is 5.32 Å². The van der Waals surface area contributed by atoms with Crippen molar-refractivity contribution in [3.05, 3.63) is 59.1 Å². The molecule has 8 heteroatoms. The summed E-state index contributed by atoms with van der Waals surface area (Å²) in [5, 5.41) is 2.95. The van der Waals surface area contributed by atoms with Gasteiger partial charge in [0, 0.05) is 18.8 Å². The number of carbonyl (C=O) groups excluding carboxylic acids is 1. The van der Waals surface area contributed by atoms with Crippen molar-refractivity contribution >= 4 is 33.2 Å². The van der Waals surface area contributed by atoms with E-state index in [1.807, 2.05) is 37.3 Å². The minimum absolute atomic E-state index is 0.0124. The highest BCUT2D eigenvalue weighted by atomic mass is 35.5. The summed E-state index contributed by atoms with van der Waals surface area (Å²) in [5.41, 5.74) is 1.31. The predicted molar refractivity (Wildman–Crippen MR) is 109 cm³/mol. The first-order chi connectivity index (χ1) is 13.4. The first-order valence-corrected chi connectivity index (χ1v) is 11.0. The summed E-state index contributed by atoms with van der Waals surface area (Å²) < 4.78 is 32.4. The van der Waals surface area contributed by atoms with Gasteiger partial charge in [-0.1, -0.05) is 48.9 Å². The van der Waals surface area contributed by atoms with Crippen LogP contribution in [0, 0.1) is 0 Å². The Morgan fingerprint density at radius 3 is 2.50 bits per heavy atom. The molecule has 0 aromatic heterocycles. The predicted octanol–water partition coefficient (Wildman–Crippen LogP) is 3.49. The normalized spacial score (nSPS) is 16.5. The number of sulfonamides is 1. The fourth-order valence-corrected chi connectivity index (χ4v) is 5.10. The van der Waals surface area contributed by atoms with E-state index in [4.69, 9.17) is 16.3 Å². The zero-order valence-corrected chi connectivity index (χ0v) is 17.2. The maximum Gasteiger partial charge on any atom is 0.244 e. The quantitative estimate of drug-likeness (QED) is 0.773. The van der Waals surface area contributed by atoms with Crippen LogP contribution >= 0.6 is 11.6 Å². The lowest BCUT2D eigenvalue weighted by Gasteiger charge is -2.26. The number of carbonyl (C=O) groups is 1. The average Bonchev–Trinajstić information content (AvgIpc) is 2.71. The van der Waals surface area contributed by atoms with Gasteiger partial charge < -0.3 is 10.1 Å². The Bertz CT molecular complexity index is 928. The third kappa shape index (κ3) is 4.55. The van der Waals surface area contributed by atoms with E-state index in [1.165, 1.54) is 16.4 Å². The van der Waals surface area contributed by atoms with Crippen LogP contribution in [0.2, 0.25) is 5.02 Å². The zero-order chi connectivity index (χ0) is 20.1. The first-order valence-electron chi connectivity index (χ1n) is 9.16. The molecule has 2 aromatic rings. The van der Waals surface area contributed by atoms with Gasteiger partial charge in [0.15, 0.2) is 0 Å². The number of nitrogens with one attached hydrogen (secondary N) is 1. The maximum atomic E-state index is 12.9. The van der Waals surface area contributed by atoms with Crippen molar-refractivity contribution in [2.45, 2.75) is 24.2 Å². The third-order valence-electron chi connectivity index (χ3n) is 4.71. The number of hydrogen-bond acceptors (Lipinski definition) is 4. The molecule has 1 atom stereocenters. The van der Waals surface area contributed by atoms with Crippen LogP contribution in [0.25, 0.3) is 0 Å². The van der Waals surface area contributed by atoms with Crippen LogP contribution in [0.3, 0.4) is 0 Å². The van der Waals surface area contributed by atoms with Gasteiger partial charge in [-0.05, 0) is 30.2 Å². The van der Waals surface area contributed by atoms with Gasteiger partial charge >= 0.3 is 0 Å². The lowest BCUT2D eigenvalue weighted by Crippen LogP contribution is -2.40. The molecular weight excluding hydrogens is 400 g/mol. The molecule has 1 aliphatic heterocycles. The lowest BCUT2D eigenvalue weighted by molar-refractivity contribution is -0.117. The van der Waals surface area contributed by atoms with Crippen molar-refractivity contribution in [2.75, 3.05) is 31.6 Å². The summed E-state index contributed by atoms with van der Waals surface area (Å²) in [6.45, 7) is 3.20. The fourth-order valence-electron chi connectivity index (χ4n) is 3.19. The molecule has 6 nitrogen and oxygen atoms in total. The number of morpholine rings is 1. The highest BCUT2D eigenvalue weighted by Crippen LogP contribution is 2.29. The van der Waals surface area contributed by atoms with Crippen molar-refractivity contribution in [3.63, 3.8) is 0 Å². The van der Waals surface area contributed by atoms with E-state index in [0.29, 0.717) is 25.3 Å². The summed E-state index contributed by atoms with van der Waals surface area (Å²) >= 11 is 6.17. The molecule has 0 unspecified atom stereocenters. The number of hydrogen-bond donors (Lipinski definition) is 1. The van der Waals surface area contributed by atoms with Crippen LogP contribution in [0.1, 0.15) is 24.8 Å². The monoisotopic (exact) mass is 422 g/mol. The average molecular weight is 423 g/mol. The molecule has 1 N–H and O–H groups in total.